The summed E-state index contributed by atoms with van der Waals surface area (Å²) in [6, 6.07) is 0. The largest absolute Gasteiger partial charge is 0.384 e. The molecule has 0 aliphatic heterocycles. The highest BCUT2D eigenvalue weighted by Crippen LogP contribution is 1.94. The summed E-state index contributed by atoms with van der Waals surface area (Å²) >= 11 is 0. The van der Waals surface area contributed by atoms with E-state index in [9.17, 15) is 8.42 Å². The Bertz CT molecular complexity index is 239. The van der Waals surface area contributed by atoms with E-state index in [-0.39, 0.29) is 11.5 Å². The van der Waals surface area contributed by atoms with Crippen molar-refractivity contribution in [3.8, 4) is 0 Å². The summed E-state index contributed by atoms with van der Waals surface area (Å²) < 4.78 is 27.3. The van der Waals surface area contributed by atoms with Crippen LogP contribution in [0, 0.1) is 5.92 Å². The zero-order valence-electron chi connectivity index (χ0n) is 9.95. The van der Waals surface area contributed by atoms with Crippen molar-refractivity contribution < 1.29 is 13.2 Å². The molecule has 0 rings (SSSR count). The minimum absolute atomic E-state index is 0.243. The molecule has 0 heterocycles. The molecule has 1 N–H and O–H groups in total. The minimum Gasteiger partial charge on any atom is -0.384 e. The summed E-state index contributed by atoms with van der Waals surface area (Å²) in [5.74, 6) is 1.00. The van der Waals surface area contributed by atoms with Gasteiger partial charge in [-0.2, -0.15) is 0 Å². The van der Waals surface area contributed by atoms with Crippen LogP contribution in [-0.2, 0) is 14.6 Å². The van der Waals surface area contributed by atoms with Gasteiger partial charge < -0.3 is 10.1 Å². The Hall–Kier alpha value is -0.130. The smallest absolute Gasteiger partial charge is 0.150 e. The summed E-state index contributed by atoms with van der Waals surface area (Å²) in [6.07, 6.45) is 0.690. The molecular weight excluding hydrogens is 214 g/mol. The molecular formula is C10H23NO3S. The second-order valence-corrected chi connectivity index (χ2v) is 6.33. The maximum atomic E-state index is 11.2. The number of hydrogen-bond donors (Lipinski definition) is 1. The molecule has 0 bridgehead atoms. The van der Waals surface area contributed by atoms with E-state index in [1.807, 2.05) is 0 Å². The van der Waals surface area contributed by atoms with Gasteiger partial charge in [0.25, 0.3) is 0 Å². The number of ether oxygens (including phenoxy) is 1. The Labute approximate surface area is 93.3 Å². The van der Waals surface area contributed by atoms with Crippen molar-refractivity contribution in [1.29, 1.82) is 0 Å². The van der Waals surface area contributed by atoms with E-state index in [1.165, 1.54) is 0 Å². The lowest BCUT2D eigenvalue weighted by atomic mass is 10.2. The molecule has 0 saturated carbocycles. The van der Waals surface area contributed by atoms with Gasteiger partial charge in [0.1, 0.15) is 9.84 Å². The summed E-state index contributed by atoms with van der Waals surface area (Å²) in [5.41, 5.74) is 0. The van der Waals surface area contributed by atoms with Gasteiger partial charge in [-0.05, 0) is 25.4 Å². The molecule has 4 nitrogen and oxygen atoms in total. The number of nitrogens with one attached hydrogen (secondary N) is 1. The van der Waals surface area contributed by atoms with Gasteiger partial charge in [-0.1, -0.05) is 13.8 Å². The highest BCUT2D eigenvalue weighted by Gasteiger charge is 2.06. The normalized spacial score (nSPS) is 14.1. The van der Waals surface area contributed by atoms with Gasteiger partial charge >= 0.3 is 0 Å². The lowest BCUT2D eigenvalue weighted by Gasteiger charge is -2.11. The van der Waals surface area contributed by atoms with Crippen molar-refractivity contribution in [2.45, 2.75) is 20.3 Å². The van der Waals surface area contributed by atoms with Crippen LogP contribution in [0.1, 0.15) is 20.3 Å². The van der Waals surface area contributed by atoms with Crippen LogP contribution < -0.4 is 5.32 Å². The SMILES string of the molecule is CCS(=O)(=O)CCCNCC(C)COC. The van der Waals surface area contributed by atoms with Crippen molar-refractivity contribution in [3.63, 3.8) is 0 Å². The molecule has 0 radical (unpaired) electrons. The van der Waals surface area contributed by atoms with Crippen LogP contribution in [0.25, 0.3) is 0 Å². The third-order valence-electron chi connectivity index (χ3n) is 2.19. The Kier molecular flexibility index (Phi) is 8.00. The Morgan fingerprint density at radius 3 is 2.60 bits per heavy atom. The zero-order chi connectivity index (χ0) is 11.7. The predicted octanol–water partition coefficient (Wildman–Crippen LogP) is 0.683. The third-order valence-corrected chi connectivity index (χ3v) is 3.98. The van der Waals surface area contributed by atoms with Gasteiger partial charge in [-0.25, -0.2) is 8.42 Å². The number of methoxy groups -OCH3 is 1. The second kappa shape index (κ2) is 8.07. The molecule has 92 valence electrons. The number of hydrogen-bond acceptors (Lipinski definition) is 4. The van der Waals surface area contributed by atoms with Crippen molar-refractivity contribution >= 4 is 9.84 Å². The van der Waals surface area contributed by atoms with Crippen molar-refractivity contribution in [3.05, 3.63) is 0 Å². The molecule has 1 atom stereocenters. The molecule has 0 aromatic carbocycles. The summed E-state index contributed by atoms with van der Waals surface area (Å²) in [7, 11) is -1.11. The number of rotatable bonds is 9. The first kappa shape index (κ1) is 14.9. The Balaban J connectivity index is 3.40. The van der Waals surface area contributed by atoms with Crippen LogP contribution in [0.3, 0.4) is 0 Å². The lowest BCUT2D eigenvalue weighted by Crippen LogP contribution is -2.26. The molecule has 0 aromatic heterocycles. The fourth-order valence-electron chi connectivity index (χ4n) is 1.25. The van der Waals surface area contributed by atoms with Gasteiger partial charge in [0.15, 0.2) is 0 Å². The quantitative estimate of drug-likeness (QED) is 0.599. The van der Waals surface area contributed by atoms with Crippen molar-refractivity contribution in [1.82, 2.24) is 5.32 Å². The van der Waals surface area contributed by atoms with E-state index in [0.717, 1.165) is 19.7 Å². The van der Waals surface area contributed by atoms with Gasteiger partial charge in [-0.3, -0.25) is 0 Å². The van der Waals surface area contributed by atoms with Gasteiger partial charge in [0.05, 0.1) is 5.75 Å². The Morgan fingerprint density at radius 1 is 1.40 bits per heavy atom. The summed E-state index contributed by atoms with van der Waals surface area (Å²) in [4.78, 5) is 0. The predicted molar refractivity (Wildman–Crippen MR) is 62.9 cm³/mol. The van der Waals surface area contributed by atoms with E-state index in [4.69, 9.17) is 4.74 Å². The minimum atomic E-state index is -2.80. The van der Waals surface area contributed by atoms with Crippen LogP contribution in [0.2, 0.25) is 0 Å². The van der Waals surface area contributed by atoms with Crippen LogP contribution in [0.4, 0.5) is 0 Å². The Morgan fingerprint density at radius 2 is 2.07 bits per heavy atom. The van der Waals surface area contributed by atoms with Gasteiger partial charge in [0.2, 0.25) is 0 Å². The molecule has 5 heteroatoms. The van der Waals surface area contributed by atoms with Gasteiger partial charge in [0, 0.05) is 19.5 Å². The van der Waals surface area contributed by atoms with Crippen LogP contribution in [0.5, 0.6) is 0 Å². The van der Waals surface area contributed by atoms with E-state index >= 15 is 0 Å². The van der Waals surface area contributed by atoms with Crippen molar-refractivity contribution in [2.75, 3.05) is 38.3 Å². The highest BCUT2D eigenvalue weighted by atomic mass is 32.2. The molecule has 0 aliphatic rings. The van der Waals surface area contributed by atoms with Crippen LogP contribution in [0.15, 0.2) is 0 Å². The molecule has 0 aromatic rings. The molecule has 1 unspecified atom stereocenters. The maximum Gasteiger partial charge on any atom is 0.150 e. The lowest BCUT2D eigenvalue weighted by molar-refractivity contribution is 0.158. The summed E-state index contributed by atoms with van der Waals surface area (Å²) in [6.45, 7) is 6.15. The fraction of sp³-hybridized carbons (Fsp3) is 1.00. The molecule has 0 amide bonds. The van der Waals surface area contributed by atoms with Gasteiger partial charge in [-0.15, -0.1) is 0 Å². The van der Waals surface area contributed by atoms with E-state index < -0.39 is 9.84 Å². The maximum absolute atomic E-state index is 11.2. The topological polar surface area (TPSA) is 55.4 Å². The van der Waals surface area contributed by atoms with E-state index in [1.54, 1.807) is 14.0 Å². The molecule has 0 saturated heterocycles. The molecule has 15 heavy (non-hydrogen) atoms. The zero-order valence-corrected chi connectivity index (χ0v) is 10.8. The molecule has 0 fully saturated rings. The van der Waals surface area contributed by atoms with E-state index in [2.05, 4.69) is 12.2 Å². The average molecular weight is 237 g/mol. The van der Waals surface area contributed by atoms with Crippen LogP contribution >= 0.6 is 0 Å². The standard InChI is InChI=1S/C10H23NO3S/c1-4-15(12,13)7-5-6-11-8-10(2)9-14-3/h10-11H,4-9H2,1-3H3. The summed E-state index contributed by atoms with van der Waals surface area (Å²) in [5, 5.41) is 3.22. The average Bonchev–Trinajstić information content (AvgIpc) is 2.17. The first-order valence-corrected chi connectivity index (χ1v) is 7.24. The molecule has 0 spiro atoms. The second-order valence-electron chi connectivity index (χ2n) is 3.85. The van der Waals surface area contributed by atoms with Crippen LogP contribution in [-0.4, -0.2) is 46.7 Å². The molecule has 0 aliphatic carbocycles. The van der Waals surface area contributed by atoms with E-state index in [0.29, 0.717) is 12.3 Å². The number of sulfone groups is 1. The monoisotopic (exact) mass is 237 g/mol. The highest BCUT2D eigenvalue weighted by molar-refractivity contribution is 7.91. The first-order chi connectivity index (χ1) is 7.02. The first-order valence-electron chi connectivity index (χ1n) is 5.42. The fourth-order valence-corrected chi connectivity index (χ4v) is 2.13. The van der Waals surface area contributed by atoms with Crippen molar-refractivity contribution in [2.24, 2.45) is 5.92 Å². The third kappa shape index (κ3) is 8.84.